The molecule has 1 N–H and O–H groups in total. The number of hydrogen-bond donors (Lipinski definition) is 1. The second-order valence-electron chi connectivity index (χ2n) is 9.78. The molecule has 2 aromatic carbocycles. The minimum Gasteiger partial charge on any atom is -0.350 e. The highest BCUT2D eigenvalue weighted by molar-refractivity contribution is 7.92. The Hall–Kier alpha value is -2.34. The van der Waals surface area contributed by atoms with E-state index in [0.29, 0.717) is 5.69 Å². The third kappa shape index (κ3) is 6.33. The van der Waals surface area contributed by atoms with Crippen LogP contribution in [0.15, 0.2) is 53.4 Å². The van der Waals surface area contributed by atoms with E-state index in [4.69, 9.17) is 0 Å². The summed E-state index contributed by atoms with van der Waals surface area (Å²) in [6, 6.07) is 13.8. The SMILES string of the molecule is Cc1ccc(N(CC(=O)NC(C)(C)CC(C)(C)C)S(=O)(=O)c2ccccc2)c(C)c1. The fourth-order valence-electron chi connectivity index (χ4n) is 4.02. The van der Waals surface area contributed by atoms with E-state index in [1.54, 1.807) is 36.4 Å². The molecule has 6 heteroatoms. The van der Waals surface area contributed by atoms with Gasteiger partial charge in [0.15, 0.2) is 0 Å². The molecule has 0 aliphatic rings. The number of hydrogen-bond acceptors (Lipinski definition) is 3. The third-order valence-corrected chi connectivity index (χ3v) is 6.46. The van der Waals surface area contributed by atoms with E-state index in [0.717, 1.165) is 17.5 Å². The van der Waals surface area contributed by atoms with Crippen LogP contribution < -0.4 is 9.62 Å². The second kappa shape index (κ2) is 8.80. The molecule has 0 aromatic heterocycles. The van der Waals surface area contributed by atoms with Gasteiger partial charge in [-0.1, -0.05) is 56.7 Å². The van der Waals surface area contributed by atoms with Gasteiger partial charge in [-0.2, -0.15) is 0 Å². The summed E-state index contributed by atoms with van der Waals surface area (Å²) in [5, 5.41) is 3.02. The van der Waals surface area contributed by atoms with Gasteiger partial charge >= 0.3 is 0 Å². The summed E-state index contributed by atoms with van der Waals surface area (Å²) >= 11 is 0. The van der Waals surface area contributed by atoms with Crippen molar-refractivity contribution in [2.45, 2.75) is 65.3 Å². The molecule has 2 rings (SSSR count). The largest absolute Gasteiger partial charge is 0.350 e. The smallest absolute Gasteiger partial charge is 0.264 e. The average molecular weight is 431 g/mol. The summed E-state index contributed by atoms with van der Waals surface area (Å²) < 4.78 is 28.1. The molecule has 30 heavy (non-hydrogen) atoms. The minimum absolute atomic E-state index is 0.0279. The number of carbonyl (C=O) groups excluding carboxylic acids is 1. The Balaban J connectivity index is 2.41. The standard InChI is InChI=1S/C24H34N2O3S/c1-18-13-14-21(19(2)15-18)26(30(28,29)20-11-9-8-10-12-20)16-22(27)25-24(6,7)17-23(3,4)5/h8-15H,16-17H2,1-7H3,(H,25,27). The molecular weight excluding hydrogens is 396 g/mol. The summed E-state index contributed by atoms with van der Waals surface area (Å²) in [6.45, 7) is 13.8. The van der Waals surface area contributed by atoms with Crippen LogP contribution in [0.4, 0.5) is 5.69 Å². The number of nitrogens with one attached hydrogen (secondary N) is 1. The average Bonchev–Trinajstić information content (AvgIpc) is 2.58. The van der Waals surface area contributed by atoms with Gasteiger partial charge in [0, 0.05) is 5.54 Å². The molecule has 0 fully saturated rings. The molecule has 164 valence electrons. The number of amides is 1. The van der Waals surface area contributed by atoms with Crippen molar-refractivity contribution in [3.63, 3.8) is 0 Å². The topological polar surface area (TPSA) is 66.5 Å². The highest BCUT2D eigenvalue weighted by Gasteiger charge is 2.31. The van der Waals surface area contributed by atoms with Crippen molar-refractivity contribution in [1.29, 1.82) is 0 Å². The van der Waals surface area contributed by atoms with Gasteiger partial charge < -0.3 is 5.32 Å². The number of anilines is 1. The number of benzene rings is 2. The molecule has 0 saturated heterocycles. The van der Waals surface area contributed by atoms with Crippen LogP contribution in [-0.2, 0) is 14.8 Å². The van der Waals surface area contributed by atoms with Gasteiger partial charge in [0.05, 0.1) is 10.6 Å². The first-order valence-electron chi connectivity index (χ1n) is 10.2. The molecule has 0 aliphatic heterocycles. The molecule has 0 radical (unpaired) electrons. The number of rotatable bonds is 7. The van der Waals surface area contributed by atoms with Crippen molar-refractivity contribution in [3.8, 4) is 0 Å². The van der Waals surface area contributed by atoms with E-state index in [1.807, 2.05) is 39.8 Å². The fourth-order valence-corrected chi connectivity index (χ4v) is 5.53. The predicted molar refractivity (Wildman–Crippen MR) is 123 cm³/mol. The van der Waals surface area contributed by atoms with E-state index in [-0.39, 0.29) is 22.8 Å². The lowest BCUT2D eigenvalue weighted by atomic mass is 9.82. The van der Waals surface area contributed by atoms with Crippen LogP contribution in [-0.4, -0.2) is 26.4 Å². The van der Waals surface area contributed by atoms with Crippen molar-refractivity contribution in [3.05, 3.63) is 59.7 Å². The molecule has 0 unspecified atom stereocenters. The van der Waals surface area contributed by atoms with Crippen molar-refractivity contribution in [1.82, 2.24) is 5.32 Å². The summed E-state index contributed by atoms with van der Waals surface area (Å²) in [6.07, 6.45) is 0.765. The first-order chi connectivity index (χ1) is 13.7. The molecule has 1 amide bonds. The van der Waals surface area contributed by atoms with Crippen LogP contribution in [0.1, 0.15) is 52.2 Å². The normalized spacial score (nSPS) is 12.5. The Labute approximate surface area is 181 Å². The van der Waals surface area contributed by atoms with Gasteiger partial charge in [-0.15, -0.1) is 0 Å². The zero-order valence-electron chi connectivity index (χ0n) is 19.1. The fraction of sp³-hybridized carbons (Fsp3) is 0.458. The highest BCUT2D eigenvalue weighted by Crippen LogP contribution is 2.29. The molecule has 0 spiro atoms. The lowest BCUT2D eigenvalue weighted by molar-refractivity contribution is -0.121. The van der Waals surface area contributed by atoms with Gasteiger partial charge in [0.25, 0.3) is 10.0 Å². The molecule has 2 aromatic rings. The maximum atomic E-state index is 13.4. The van der Waals surface area contributed by atoms with Crippen molar-refractivity contribution >= 4 is 21.6 Å². The Morgan fingerprint density at radius 2 is 1.57 bits per heavy atom. The third-order valence-electron chi connectivity index (χ3n) is 4.69. The number of nitrogens with zero attached hydrogens (tertiary/aromatic N) is 1. The Kier molecular flexibility index (Phi) is 7.02. The molecular formula is C24H34N2O3S. The Bertz CT molecular complexity index is 991. The summed E-state index contributed by atoms with van der Waals surface area (Å²) in [5.41, 5.74) is 1.91. The minimum atomic E-state index is -3.90. The van der Waals surface area contributed by atoms with Crippen molar-refractivity contribution < 1.29 is 13.2 Å². The van der Waals surface area contributed by atoms with Crippen molar-refractivity contribution in [2.24, 2.45) is 5.41 Å². The summed E-state index contributed by atoms with van der Waals surface area (Å²) in [7, 11) is -3.90. The lowest BCUT2D eigenvalue weighted by Crippen LogP contribution is -2.50. The van der Waals surface area contributed by atoms with Gasteiger partial charge in [0.2, 0.25) is 5.91 Å². The molecule has 0 atom stereocenters. The Morgan fingerprint density at radius 3 is 2.10 bits per heavy atom. The monoisotopic (exact) mass is 430 g/mol. The van der Waals surface area contributed by atoms with E-state index in [9.17, 15) is 13.2 Å². The second-order valence-corrected chi connectivity index (χ2v) is 11.6. The first kappa shape index (κ1) is 23.9. The van der Waals surface area contributed by atoms with Crippen LogP contribution in [0.3, 0.4) is 0 Å². The maximum Gasteiger partial charge on any atom is 0.264 e. The number of aryl methyl sites for hydroxylation is 2. The molecule has 5 nitrogen and oxygen atoms in total. The van der Waals surface area contributed by atoms with E-state index >= 15 is 0 Å². The van der Waals surface area contributed by atoms with E-state index < -0.39 is 15.6 Å². The van der Waals surface area contributed by atoms with E-state index in [2.05, 4.69) is 26.1 Å². The molecule has 0 heterocycles. The van der Waals surface area contributed by atoms with Crippen LogP contribution in [0, 0.1) is 19.3 Å². The van der Waals surface area contributed by atoms with Crippen LogP contribution in [0.25, 0.3) is 0 Å². The Morgan fingerprint density at radius 1 is 0.967 bits per heavy atom. The van der Waals surface area contributed by atoms with Gasteiger partial charge in [-0.25, -0.2) is 8.42 Å². The van der Waals surface area contributed by atoms with Gasteiger partial charge in [-0.05, 0) is 63.3 Å². The molecule has 0 bridgehead atoms. The number of carbonyl (C=O) groups is 1. The molecule has 0 aliphatic carbocycles. The summed E-state index contributed by atoms with van der Waals surface area (Å²) in [4.78, 5) is 13.1. The highest BCUT2D eigenvalue weighted by atomic mass is 32.2. The lowest BCUT2D eigenvalue weighted by Gasteiger charge is -2.34. The van der Waals surface area contributed by atoms with Gasteiger partial charge in [0.1, 0.15) is 6.54 Å². The van der Waals surface area contributed by atoms with E-state index in [1.165, 1.54) is 4.31 Å². The zero-order chi connectivity index (χ0) is 22.7. The van der Waals surface area contributed by atoms with Gasteiger partial charge in [-0.3, -0.25) is 9.10 Å². The first-order valence-corrected chi connectivity index (χ1v) is 11.6. The zero-order valence-corrected chi connectivity index (χ0v) is 19.9. The summed E-state index contributed by atoms with van der Waals surface area (Å²) in [5.74, 6) is -0.330. The maximum absolute atomic E-state index is 13.4. The molecule has 0 saturated carbocycles. The van der Waals surface area contributed by atoms with Crippen molar-refractivity contribution in [2.75, 3.05) is 10.8 Å². The quantitative estimate of drug-likeness (QED) is 0.684. The predicted octanol–water partition coefficient (Wildman–Crippen LogP) is 4.83. The van der Waals surface area contributed by atoms with Crippen LogP contribution in [0.5, 0.6) is 0 Å². The van der Waals surface area contributed by atoms with Crippen LogP contribution >= 0.6 is 0 Å². The van der Waals surface area contributed by atoms with Crippen LogP contribution in [0.2, 0.25) is 0 Å². The number of sulfonamides is 1.